The average molecular weight is 882 g/mol. The van der Waals surface area contributed by atoms with Gasteiger partial charge in [-0.15, -0.1) is 0 Å². The number of halogens is 1. The van der Waals surface area contributed by atoms with Crippen molar-refractivity contribution in [1.82, 2.24) is 15.0 Å². The topological polar surface area (TPSA) is 345 Å². The van der Waals surface area contributed by atoms with Crippen LogP contribution in [-0.2, 0) is 44.7 Å². The number of hydrogen-bond acceptors (Lipinski definition) is 17. The van der Waals surface area contributed by atoms with Crippen molar-refractivity contribution in [3.63, 3.8) is 0 Å². The number of nitrogen functional groups attached to an aromatic ring is 1. The monoisotopic (exact) mass is 881 g/mol. The minimum absolute atomic E-state index is 0.0279. The van der Waals surface area contributed by atoms with E-state index in [1.54, 1.807) is 0 Å². The van der Waals surface area contributed by atoms with E-state index in [1.165, 1.54) is 36.4 Å². The fourth-order valence-electron chi connectivity index (χ4n) is 5.49. The molecule has 6 rings (SSSR count). The summed E-state index contributed by atoms with van der Waals surface area (Å²) in [4.78, 5) is 40.0. The van der Waals surface area contributed by atoms with Crippen LogP contribution in [0.2, 0.25) is 5.28 Å². The van der Waals surface area contributed by atoms with Crippen LogP contribution in [-0.4, -0.2) is 86.2 Å². The lowest BCUT2D eigenvalue weighted by Gasteiger charge is -2.23. The Hall–Kier alpha value is -5.64. The van der Waals surface area contributed by atoms with Crippen molar-refractivity contribution in [2.45, 2.75) is 14.7 Å². The van der Waals surface area contributed by atoms with Crippen LogP contribution in [0.15, 0.2) is 92.5 Å². The quantitative estimate of drug-likeness (QED) is 0.0686. The van der Waals surface area contributed by atoms with Crippen molar-refractivity contribution >= 4 is 98.0 Å². The summed E-state index contributed by atoms with van der Waals surface area (Å²) in [7, 11) is -19.0. The number of anilines is 5. The fourth-order valence-corrected chi connectivity index (χ4v) is 8.40. The number of rotatable bonds is 12. The average Bonchev–Trinajstić information content (AvgIpc) is 3.09. The zero-order valence-electron chi connectivity index (χ0n) is 28.1. The van der Waals surface area contributed by atoms with E-state index < -0.39 is 96.7 Å². The smallest absolute Gasteiger partial charge is 0.397 e. The number of carbonyl (C=O) groups excluding carboxylic acids is 2. The van der Waals surface area contributed by atoms with Crippen molar-refractivity contribution in [2.24, 2.45) is 4.99 Å². The molecule has 1 aromatic heterocycles. The molecule has 21 nitrogen and oxygen atoms in total. The Balaban J connectivity index is 1.37. The van der Waals surface area contributed by atoms with Crippen LogP contribution < -0.4 is 22.0 Å². The van der Waals surface area contributed by atoms with E-state index in [2.05, 4.69) is 34.8 Å². The third kappa shape index (κ3) is 9.01. The number of H-pyrrole nitrogens is 1. The molecule has 0 saturated heterocycles. The van der Waals surface area contributed by atoms with Gasteiger partial charge in [-0.25, -0.2) is 17.6 Å². The Morgan fingerprint density at radius 1 is 0.754 bits per heavy atom. The Morgan fingerprint density at radius 2 is 1.35 bits per heavy atom. The van der Waals surface area contributed by atoms with Crippen LogP contribution in [0.3, 0.4) is 0 Å². The molecule has 0 saturated carbocycles. The minimum Gasteiger partial charge on any atom is -0.397 e. The molecule has 1 heterocycles. The van der Waals surface area contributed by atoms with E-state index in [-0.39, 0.29) is 49.9 Å². The zero-order valence-corrected chi connectivity index (χ0v) is 32.1. The van der Waals surface area contributed by atoms with Crippen molar-refractivity contribution in [1.29, 1.82) is 0 Å². The Morgan fingerprint density at radius 3 is 1.95 bits per heavy atom. The van der Waals surface area contributed by atoms with Gasteiger partial charge in [0, 0.05) is 22.5 Å². The van der Waals surface area contributed by atoms with Crippen LogP contribution in [0.5, 0.6) is 0 Å². The molecular formula is C31H24ClN7O14S4. The van der Waals surface area contributed by atoms with E-state index in [4.69, 9.17) is 21.9 Å². The number of aromatic nitrogens is 3. The molecule has 0 aliphatic heterocycles. The molecule has 298 valence electrons. The second-order valence-electron chi connectivity index (χ2n) is 11.7. The van der Waals surface area contributed by atoms with Crippen LogP contribution >= 0.6 is 11.6 Å². The summed E-state index contributed by atoms with van der Waals surface area (Å²) >= 11 is 6.13. The van der Waals surface area contributed by atoms with Gasteiger partial charge in [0.05, 0.1) is 45.4 Å². The maximum absolute atomic E-state index is 13.7. The van der Waals surface area contributed by atoms with Gasteiger partial charge in [-0.2, -0.15) is 35.2 Å². The lowest BCUT2D eigenvalue weighted by atomic mass is 9.82. The third-order valence-corrected chi connectivity index (χ3v) is 12.0. The summed E-state index contributed by atoms with van der Waals surface area (Å²) in [5.74, 6) is -2.58. The molecule has 8 N–H and O–H groups in total. The maximum Gasteiger partial charge on any atom is 0.397 e. The van der Waals surface area contributed by atoms with Crippen LogP contribution in [0.4, 0.5) is 34.4 Å². The molecule has 1 aliphatic carbocycles. The Labute approximate surface area is 327 Å². The minimum atomic E-state index is -5.08. The highest BCUT2D eigenvalue weighted by atomic mass is 35.5. The molecule has 0 radical (unpaired) electrons. The molecule has 0 unspecified atom stereocenters. The van der Waals surface area contributed by atoms with Gasteiger partial charge in [-0.05, 0) is 60.1 Å². The summed E-state index contributed by atoms with van der Waals surface area (Å²) < 4.78 is 129. The van der Waals surface area contributed by atoms with Gasteiger partial charge < -0.3 is 16.4 Å². The molecule has 4 aromatic carbocycles. The number of fused-ring (bicyclic) bond motifs is 2. The van der Waals surface area contributed by atoms with E-state index in [0.717, 1.165) is 36.4 Å². The standard InChI is InChI=1S/C31H24ClN7O14S4/c32-29-37-30(35-15-5-8-17(9-6-15)54(42,43)12-11-53-57(50,51)52)39-31(38-29)36-20-13-16(7-10-22(20)55(44,45)46)34-21-14-23(56(47,48)49)26(33)25-24(21)27(40)18-3-1-2-4-19(18)28(25)41/h1-10,13-14,34H,11-12,33H2,(H,44,45,46)(H,47,48,49)(H,50,51,52)(H2,35,36,37,38,39). The molecule has 57 heavy (non-hydrogen) atoms. The number of nitrogens with one attached hydrogen (secondary N) is 3. The number of aromatic amines is 1. The van der Waals surface area contributed by atoms with E-state index in [0.29, 0.717) is 0 Å². The normalized spacial score (nSPS) is 13.6. The van der Waals surface area contributed by atoms with Crippen LogP contribution in [0, 0.1) is 0 Å². The predicted molar refractivity (Wildman–Crippen MR) is 199 cm³/mol. The lowest BCUT2D eigenvalue weighted by molar-refractivity contribution is 0.0980. The van der Waals surface area contributed by atoms with Crippen molar-refractivity contribution in [3.8, 4) is 0 Å². The van der Waals surface area contributed by atoms with Crippen LogP contribution in [0.1, 0.15) is 31.8 Å². The first-order valence-electron chi connectivity index (χ1n) is 15.4. The zero-order chi connectivity index (χ0) is 41.7. The molecule has 5 aromatic rings. The second kappa shape index (κ2) is 15.0. The highest BCUT2D eigenvalue weighted by Gasteiger charge is 2.36. The Bertz CT molecular complexity index is 3050. The van der Waals surface area contributed by atoms with Crippen LogP contribution in [0.25, 0.3) is 0 Å². The number of benzene rings is 4. The number of carbonyl (C=O) groups is 2. The molecule has 0 spiro atoms. The molecule has 0 fully saturated rings. The Kier molecular flexibility index (Phi) is 10.8. The van der Waals surface area contributed by atoms with Gasteiger partial charge in [-0.3, -0.25) is 28.2 Å². The predicted octanol–water partition coefficient (Wildman–Crippen LogP) is 2.62. The van der Waals surface area contributed by atoms with Gasteiger partial charge in [0.1, 0.15) is 9.79 Å². The lowest BCUT2D eigenvalue weighted by Crippen LogP contribution is -2.25. The van der Waals surface area contributed by atoms with E-state index >= 15 is 0 Å². The number of nitrogens with zero attached hydrogens (tertiary/aromatic N) is 3. The number of nitrogens with two attached hydrogens (primary N) is 1. The molecular weight excluding hydrogens is 858 g/mol. The van der Waals surface area contributed by atoms with Gasteiger partial charge in [0.2, 0.25) is 16.9 Å². The van der Waals surface area contributed by atoms with E-state index in [1.807, 2.05) is 0 Å². The first kappa shape index (κ1) is 41.0. The summed E-state index contributed by atoms with van der Waals surface area (Å²) in [6.07, 6.45) is 0. The molecule has 0 bridgehead atoms. The van der Waals surface area contributed by atoms with E-state index in [9.17, 15) is 52.4 Å². The fraction of sp³-hybridized carbons (Fsp3) is 0.0645. The molecule has 0 atom stereocenters. The van der Waals surface area contributed by atoms with Gasteiger partial charge in [0.15, 0.2) is 21.4 Å². The first-order chi connectivity index (χ1) is 26.5. The van der Waals surface area contributed by atoms with Crippen molar-refractivity contribution in [2.75, 3.05) is 28.7 Å². The number of ketones is 2. The maximum atomic E-state index is 13.7. The van der Waals surface area contributed by atoms with Crippen molar-refractivity contribution < 1.29 is 61.1 Å². The second-order valence-corrected chi connectivity index (χ2v) is 18.0. The summed E-state index contributed by atoms with van der Waals surface area (Å²) in [5.41, 5.74) is 3.25. The number of sulfone groups is 1. The largest absolute Gasteiger partial charge is 0.397 e. The van der Waals surface area contributed by atoms with Gasteiger partial charge in [-0.1, -0.05) is 24.3 Å². The number of hydrogen-bond donors (Lipinski definition) is 7. The van der Waals surface area contributed by atoms with Gasteiger partial charge >= 0.3 is 10.4 Å². The molecule has 1 aliphatic rings. The van der Waals surface area contributed by atoms with Crippen molar-refractivity contribution in [3.05, 3.63) is 106 Å². The highest BCUT2D eigenvalue weighted by Crippen LogP contribution is 2.40. The molecule has 26 heteroatoms. The molecule has 0 amide bonds. The summed E-state index contributed by atoms with van der Waals surface area (Å²) in [5, 5.41) is 5.12. The summed E-state index contributed by atoms with van der Waals surface area (Å²) in [6, 6.07) is 14.4. The van der Waals surface area contributed by atoms with Gasteiger partial charge in [0.25, 0.3) is 20.2 Å². The highest BCUT2D eigenvalue weighted by molar-refractivity contribution is 7.91. The summed E-state index contributed by atoms with van der Waals surface area (Å²) in [6.45, 7) is -0.841. The first-order valence-corrected chi connectivity index (χ1v) is 21.7. The SMILES string of the molecule is Nc1c(S(=O)(=O)O)cc(Nc2ccc(S(=O)(=O)O)c(N=c3nc(Nc4ccc(S(=O)(=O)CCOS(=O)(=O)O)cc4)nc(Cl)[nH]3)c2)c2c1C(=O)c1ccccc1C2=O. The third-order valence-electron chi connectivity index (χ3n) is 7.90.